The second-order valence-corrected chi connectivity index (χ2v) is 11.9. The molecule has 224 valence electrons. The van der Waals surface area contributed by atoms with Crippen molar-refractivity contribution in [3.63, 3.8) is 0 Å². The van der Waals surface area contributed by atoms with Gasteiger partial charge in [0, 0.05) is 61.8 Å². The van der Waals surface area contributed by atoms with Gasteiger partial charge in [0.05, 0.1) is 29.8 Å². The van der Waals surface area contributed by atoms with E-state index in [1.54, 1.807) is 6.20 Å². The molecule has 2 aliphatic rings. The van der Waals surface area contributed by atoms with Crippen LogP contribution in [-0.2, 0) is 17.3 Å². The van der Waals surface area contributed by atoms with E-state index in [4.69, 9.17) is 0 Å². The predicted octanol–water partition coefficient (Wildman–Crippen LogP) is 4.30. The number of fused-ring (bicyclic) bond motifs is 1. The van der Waals surface area contributed by atoms with Crippen LogP contribution in [0.1, 0.15) is 54.9 Å². The lowest BCUT2D eigenvalue weighted by Gasteiger charge is -2.52. The molecule has 1 aliphatic carbocycles. The summed E-state index contributed by atoms with van der Waals surface area (Å²) in [5, 5.41) is 25.6. The van der Waals surface area contributed by atoms with Crippen LogP contribution in [0.25, 0.3) is 22.2 Å². The molecule has 2 fully saturated rings. The number of carbonyl (C=O) groups is 1. The van der Waals surface area contributed by atoms with Gasteiger partial charge in [0.2, 0.25) is 0 Å². The number of H-pyrrole nitrogens is 1. The van der Waals surface area contributed by atoms with Crippen molar-refractivity contribution in [1.29, 1.82) is 5.26 Å². The Morgan fingerprint density at radius 1 is 1.19 bits per heavy atom. The highest BCUT2D eigenvalue weighted by atomic mass is 19.4. The number of aromatic amines is 1. The number of pyridine rings is 2. The maximum absolute atomic E-state index is 13.5. The molecule has 1 saturated heterocycles. The minimum absolute atomic E-state index is 0.0247. The van der Waals surface area contributed by atoms with Gasteiger partial charge in [0.15, 0.2) is 0 Å². The molecule has 2 N–H and O–H groups in total. The molecule has 1 amide bonds. The van der Waals surface area contributed by atoms with E-state index in [0.29, 0.717) is 32.6 Å². The highest BCUT2D eigenvalue weighted by Gasteiger charge is 2.49. The first kappa shape index (κ1) is 28.8. The first-order valence-electron chi connectivity index (χ1n) is 14.1. The zero-order valence-electron chi connectivity index (χ0n) is 23.8. The number of hydrogen-bond donors (Lipinski definition) is 2. The number of alkyl halides is 3. The Bertz CT molecular complexity index is 1670. The molecular weight excluding hydrogens is 561 g/mol. The first-order chi connectivity index (χ1) is 20.4. The minimum Gasteiger partial charge on any atom is -0.386 e. The monoisotopic (exact) mass is 592 g/mol. The van der Waals surface area contributed by atoms with Crippen molar-refractivity contribution in [3.05, 3.63) is 66.0 Å². The lowest BCUT2D eigenvalue weighted by Crippen LogP contribution is -2.60. The van der Waals surface area contributed by atoms with E-state index in [9.17, 15) is 28.3 Å². The summed E-state index contributed by atoms with van der Waals surface area (Å²) in [6.07, 6.45) is 4.37. The van der Waals surface area contributed by atoms with Gasteiger partial charge in [-0.1, -0.05) is 0 Å². The normalized spacial score (nSPS) is 21.5. The highest BCUT2D eigenvalue weighted by molar-refractivity contribution is 5.93. The van der Waals surface area contributed by atoms with E-state index in [2.05, 4.69) is 31.0 Å². The van der Waals surface area contributed by atoms with Crippen molar-refractivity contribution in [2.75, 3.05) is 26.2 Å². The highest BCUT2D eigenvalue weighted by Crippen LogP contribution is 2.45. The van der Waals surface area contributed by atoms with Gasteiger partial charge in [-0.15, -0.1) is 0 Å². The summed E-state index contributed by atoms with van der Waals surface area (Å²) in [5.41, 5.74) is -0.841. The fourth-order valence-corrected chi connectivity index (χ4v) is 6.16. The first-order valence-corrected chi connectivity index (χ1v) is 14.1. The van der Waals surface area contributed by atoms with Crippen molar-refractivity contribution >= 4 is 16.9 Å². The summed E-state index contributed by atoms with van der Waals surface area (Å²) >= 11 is 0. The zero-order chi connectivity index (χ0) is 30.6. The van der Waals surface area contributed by atoms with Crippen LogP contribution in [0.15, 0.2) is 49.1 Å². The number of nitrogens with zero attached hydrogens (tertiary/aromatic N) is 7. The molecule has 4 aromatic heterocycles. The number of carbonyl (C=O) groups excluding carboxylic acids is 1. The molecule has 0 atom stereocenters. The summed E-state index contributed by atoms with van der Waals surface area (Å²) in [5.74, 6) is -0.597. The third-order valence-corrected chi connectivity index (χ3v) is 8.64. The Morgan fingerprint density at radius 3 is 2.60 bits per heavy atom. The standard InChI is InChI=1S/C30H31F3N8O2/c1-28(2,43)20-13-24(38-25(14-20)30(31,32)33)27(42)40-11-9-39(10-12-40)21-15-29(16-21,5-6-34)41-18-19(17-37-41)22-3-7-35-26-23(22)4-8-36-26/h3-4,7-8,13-14,17-18,21,43H,5,9-12,15-16H2,1-2H3,(H,35,36)/t21-,29-. The molecule has 0 aromatic carbocycles. The third kappa shape index (κ3) is 5.36. The maximum Gasteiger partial charge on any atom is 0.433 e. The smallest absolute Gasteiger partial charge is 0.386 e. The molecule has 10 nitrogen and oxygen atoms in total. The number of rotatable bonds is 6. The Kier molecular flexibility index (Phi) is 7.01. The molecule has 13 heteroatoms. The van der Waals surface area contributed by atoms with Crippen molar-refractivity contribution < 1.29 is 23.1 Å². The molecule has 0 bridgehead atoms. The molecule has 43 heavy (non-hydrogen) atoms. The van der Waals surface area contributed by atoms with Crippen LogP contribution >= 0.6 is 0 Å². The average molecular weight is 593 g/mol. The molecule has 0 radical (unpaired) electrons. The summed E-state index contributed by atoms with van der Waals surface area (Å²) in [4.78, 5) is 28.0. The van der Waals surface area contributed by atoms with E-state index >= 15 is 0 Å². The van der Waals surface area contributed by atoms with Crippen molar-refractivity contribution in [2.24, 2.45) is 0 Å². The second kappa shape index (κ2) is 10.5. The summed E-state index contributed by atoms with van der Waals surface area (Å²) in [6, 6.07) is 8.44. The summed E-state index contributed by atoms with van der Waals surface area (Å²) in [7, 11) is 0. The van der Waals surface area contributed by atoms with E-state index in [1.807, 2.05) is 35.4 Å². The Hall–Kier alpha value is -4.28. The van der Waals surface area contributed by atoms with Gasteiger partial charge in [0.1, 0.15) is 17.0 Å². The summed E-state index contributed by atoms with van der Waals surface area (Å²) < 4.78 is 42.4. The molecule has 1 aliphatic heterocycles. The Balaban J connectivity index is 1.13. The Labute approximate surface area is 245 Å². The molecule has 4 aromatic rings. The van der Waals surface area contributed by atoms with Crippen LogP contribution in [-0.4, -0.2) is 77.8 Å². The van der Waals surface area contributed by atoms with Gasteiger partial charge in [0.25, 0.3) is 5.91 Å². The van der Waals surface area contributed by atoms with Gasteiger partial charge in [-0.2, -0.15) is 23.5 Å². The number of nitriles is 1. The van der Waals surface area contributed by atoms with E-state index < -0.39 is 28.9 Å². The molecule has 5 heterocycles. The largest absolute Gasteiger partial charge is 0.433 e. The molecule has 6 rings (SSSR count). The number of amides is 1. The van der Waals surface area contributed by atoms with Crippen LogP contribution in [0.3, 0.4) is 0 Å². The Morgan fingerprint density at radius 2 is 1.93 bits per heavy atom. The number of hydrogen-bond acceptors (Lipinski definition) is 7. The predicted molar refractivity (Wildman–Crippen MR) is 151 cm³/mol. The van der Waals surface area contributed by atoms with Crippen molar-refractivity contribution in [2.45, 2.75) is 56.5 Å². The number of nitrogens with one attached hydrogen (secondary N) is 1. The second-order valence-electron chi connectivity index (χ2n) is 11.9. The van der Waals surface area contributed by atoms with Crippen LogP contribution in [0.2, 0.25) is 0 Å². The van der Waals surface area contributed by atoms with Crippen LogP contribution in [0, 0.1) is 11.3 Å². The number of aromatic nitrogens is 5. The van der Waals surface area contributed by atoms with E-state index in [0.717, 1.165) is 41.1 Å². The number of halogens is 3. The molecular formula is C30H31F3N8O2. The SMILES string of the molecule is CC(C)(O)c1cc(C(=O)N2CCN([C@H]3C[C@](CC#N)(n4cc(-c5ccnc6[nH]ccc56)cn4)C3)CC2)nc(C(F)(F)F)c1. The van der Waals surface area contributed by atoms with Gasteiger partial charge in [-0.3, -0.25) is 14.4 Å². The van der Waals surface area contributed by atoms with Crippen molar-refractivity contribution in [1.82, 2.24) is 34.5 Å². The molecule has 0 unspecified atom stereocenters. The minimum atomic E-state index is -4.75. The number of aliphatic hydroxyl groups is 1. The fourth-order valence-electron chi connectivity index (χ4n) is 6.16. The topological polar surface area (TPSA) is 127 Å². The quantitative estimate of drug-likeness (QED) is 0.342. The van der Waals surface area contributed by atoms with Gasteiger partial charge in [-0.05, 0) is 62.1 Å². The van der Waals surface area contributed by atoms with Crippen LogP contribution < -0.4 is 0 Å². The lowest BCUT2D eigenvalue weighted by atomic mass is 9.70. The summed E-state index contributed by atoms with van der Waals surface area (Å²) in [6.45, 7) is 4.48. The van der Waals surface area contributed by atoms with Gasteiger partial charge >= 0.3 is 6.18 Å². The average Bonchev–Trinajstić information content (AvgIpc) is 3.64. The van der Waals surface area contributed by atoms with Crippen LogP contribution in [0.5, 0.6) is 0 Å². The van der Waals surface area contributed by atoms with E-state index in [1.165, 1.54) is 24.8 Å². The van der Waals surface area contributed by atoms with Gasteiger partial charge < -0.3 is 15.0 Å². The fraction of sp³-hybridized carbons (Fsp3) is 0.433. The zero-order valence-corrected chi connectivity index (χ0v) is 23.8. The van der Waals surface area contributed by atoms with E-state index in [-0.39, 0.29) is 17.3 Å². The third-order valence-electron chi connectivity index (χ3n) is 8.64. The number of piperazine rings is 1. The molecule has 1 saturated carbocycles. The lowest BCUT2D eigenvalue weighted by molar-refractivity contribution is -0.141. The van der Waals surface area contributed by atoms with Crippen LogP contribution in [0.4, 0.5) is 13.2 Å². The molecule has 0 spiro atoms. The van der Waals surface area contributed by atoms with Crippen molar-refractivity contribution in [3.8, 4) is 17.2 Å². The maximum atomic E-state index is 13.5. The van der Waals surface area contributed by atoms with Gasteiger partial charge in [-0.25, -0.2) is 9.97 Å².